The minimum atomic E-state index is -0.233. The first kappa shape index (κ1) is 14.7. The van der Waals surface area contributed by atoms with Crippen molar-refractivity contribution in [3.8, 4) is 5.75 Å². The summed E-state index contributed by atoms with van der Waals surface area (Å²) >= 11 is 0. The molecule has 0 atom stereocenters. The summed E-state index contributed by atoms with van der Waals surface area (Å²) in [4.78, 5) is 11.6. The Morgan fingerprint density at radius 3 is 2.48 bits per heavy atom. The van der Waals surface area contributed by atoms with Crippen molar-refractivity contribution < 1.29 is 9.53 Å². The van der Waals surface area contributed by atoms with Gasteiger partial charge >= 0.3 is 6.03 Å². The van der Waals surface area contributed by atoms with E-state index in [4.69, 9.17) is 4.74 Å². The molecule has 2 aromatic carbocycles. The van der Waals surface area contributed by atoms with Gasteiger partial charge in [0.15, 0.2) is 0 Å². The maximum Gasteiger partial charge on any atom is 0.319 e. The third-order valence-electron chi connectivity index (χ3n) is 2.90. The number of carbonyl (C=O) groups excluding carboxylic acids is 1. The summed E-state index contributed by atoms with van der Waals surface area (Å²) in [6, 6.07) is 17.1. The van der Waals surface area contributed by atoms with Crippen LogP contribution < -0.4 is 15.4 Å². The van der Waals surface area contributed by atoms with Crippen molar-refractivity contribution in [2.45, 2.75) is 6.54 Å². The number of hydrogen-bond acceptors (Lipinski definition) is 2. The van der Waals surface area contributed by atoms with E-state index in [1.807, 2.05) is 60.7 Å². The third kappa shape index (κ3) is 5.03. The summed E-state index contributed by atoms with van der Waals surface area (Å²) in [5.74, 6) is 0.806. The molecule has 0 aliphatic carbocycles. The minimum Gasteiger partial charge on any atom is -0.497 e. The quantitative estimate of drug-likeness (QED) is 0.885. The number of nitrogens with one attached hydrogen (secondary N) is 2. The number of hydrogen-bond donors (Lipinski definition) is 2. The number of ether oxygens (including phenoxy) is 1. The van der Waals surface area contributed by atoms with Crippen LogP contribution in [-0.2, 0) is 6.54 Å². The zero-order chi connectivity index (χ0) is 14.9. The Morgan fingerprint density at radius 2 is 1.81 bits per heavy atom. The van der Waals surface area contributed by atoms with E-state index in [-0.39, 0.29) is 6.03 Å². The molecule has 0 saturated carbocycles. The van der Waals surface area contributed by atoms with Gasteiger partial charge in [0.05, 0.1) is 7.11 Å². The lowest BCUT2D eigenvalue weighted by atomic mass is 10.2. The predicted octanol–water partition coefficient (Wildman–Crippen LogP) is 3.17. The Kier molecular flexibility index (Phi) is 5.41. The van der Waals surface area contributed by atoms with Crippen molar-refractivity contribution >= 4 is 12.1 Å². The second-order valence-electron chi connectivity index (χ2n) is 4.42. The number of urea groups is 1. The van der Waals surface area contributed by atoms with Gasteiger partial charge in [0, 0.05) is 12.7 Å². The monoisotopic (exact) mass is 282 g/mol. The molecule has 0 radical (unpaired) electrons. The number of rotatable bonds is 5. The molecule has 108 valence electrons. The smallest absolute Gasteiger partial charge is 0.319 e. The third-order valence-corrected chi connectivity index (χ3v) is 2.90. The van der Waals surface area contributed by atoms with Gasteiger partial charge < -0.3 is 15.4 Å². The van der Waals surface area contributed by atoms with Crippen LogP contribution >= 0.6 is 0 Å². The highest BCUT2D eigenvalue weighted by atomic mass is 16.5. The first-order chi connectivity index (χ1) is 10.3. The molecule has 4 nitrogen and oxygen atoms in total. The summed E-state index contributed by atoms with van der Waals surface area (Å²) in [7, 11) is 1.63. The number of benzene rings is 2. The highest BCUT2D eigenvalue weighted by Crippen LogP contribution is 2.11. The summed E-state index contributed by atoms with van der Waals surface area (Å²) < 4.78 is 5.08. The molecule has 2 aromatic rings. The van der Waals surface area contributed by atoms with E-state index in [0.717, 1.165) is 16.9 Å². The predicted molar refractivity (Wildman–Crippen MR) is 83.8 cm³/mol. The van der Waals surface area contributed by atoms with Crippen LogP contribution in [0, 0.1) is 0 Å². The van der Waals surface area contributed by atoms with Gasteiger partial charge in [-0.25, -0.2) is 4.79 Å². The molecule has 0 saturated heterocycles. The van der Waals surface area contributed by atoms with Crippen molar-refractivity contribution in [1.82, 2.24) is 10.6 Å². The maximum atomic E-state index is 11.6. The number of carbonyl (C=O) groups is 1. The summed E-state index contributed by atoms with van der Waals surface area (Å²) in [6.07, 6.45) is 3.43. The molecule has 0 aliphatic rings. The van der Waals surface area contributed by atoms with Crippen LogP contribution in [0.15, 0.2) is 60.8 Å². The van der Waals surface area contributed by atoms with Gasteiger partial charge in [-0.15, -0.1) is 0 Å². The average molecular weight is 282 g/mol. The van der Waals surface area contributed by atoms with Gasteiger partial charge in [-0.05, 0) is 29.3 Å². The molecule has 4 heteroatoms. The Bertz CT molecular complexity index is 592. The lowest BCUT2D eigenvalue weighted by Gasteiger charge is -2.04. The molecule has 2 N–H and O–H groups in total. The van der Waals surface area contributed by atoms with Crippen LogP contribution in [0.1, 0.15) is 11.1 Å². The van der Waals surface area contributed by atoms with Gasteiger partial charge in [0.1, 0.15) is 5.75 Å². The van der Waals surface area contributed by atoms with Gasteiger partial charge in [-0.1, -0.05) is 42.5 Å². The van der Waals surface area contributed by atoms with E-state index in [0.29, 0.717) is 6.54 Å². The van der Waals surface area contributed by atoms with Crippen molar-refractivity contribution in [3.63, 3.8) is 0 Å². The van der Waals surface area contributed by atoms with Crippen molar-refractivity contribution in [1.29, 1.82) is 0 Å². The molecule has 0 spiro atoms. The fraction of sp³-hybridized carbons (Fsp3) is 0.118. The molecule has 0 aromatic heterocycles. The van der Waals surface area contributed by atoms with Gasteiger partial charge in [-0.2, -0.15) is 0 Å². The lowest BCUT2D eigenvalue weighted by molar-refractivity contribution is 0.244. The summed E-state index contributed by atoms with van der Waals surface area (Å²) in [5.41, 5.74) is 2.05. The van der Waals surface area contributed by atoms with Crippen LogP contribution in [0.3, 0.4) is 0 Å². The van der Waals surface area contributed by atoms with Crippen LogP contribution in [0.4, 0.5) is 4.79 Å². The Balaban J connectivity index is 1.76. The zero-order valence-electron chi connectivity index (χ0n) is 11.9. The van der Waals surface area contributed by atoms with Crippen LogP contribution in [0.2, 0.25) is 0 Å². The first-order valence-corrected chi connectivity index (χ1v) is 6.67. The molecule has 2 rings (SSSR count). The maximum absolute atomic E-state index is 11.6. The Morgan fingerprint density at radius 1 is 1.10 bits per heavy atom. The number of methoxy groups -OCH3 is 1. The normalized spacial score (nSPS) is 10.3. The second kappa shape index (κ2) is 7.75. The van der Waals surface area contributed by atoms with Gasteiger partial charge in [-0.3, -0.25) is 0 Å². The van der Waals surface area contributed by atoms with E-state index in [1.165, 1.54) is 0 Å². The SMILES string of the molecule is COc1ccc(/C=C/NC(=O)NCc2ccccc2)cc1. The lowest BCUT2D eigenvalue weighted by Crippen LogP contribution is -2.31. The van der Waals surface area contributed by atoms with Gasteiger partial charge in [0.2, 0.25) is 0 Å². The van der Waals surface area contributed by atoms with E-state index in [9.17, 15) is 4.79 Å². The molecule has 21 heavy (non-hydrogen) atoms. The second-order valence-corrected chi connectivity index (χ2v) is 4.42. The van der Waals surface area contributed by atoms with E-state index >= 15 is 0 Å². The van der Waals surface area contributed by atoms with E-state index in [1.54, 1.807) is 13.3 Å². The van der Waals surface area contributed by atoms with Crippen LogP contribution in [0.25, 0.3) is 6.08 Å². The first-order valence-electron chi connectivity index (χ1n) is 6.67. The Hall–Kier alpha value is -2.75. The van der Waals surface area contributed by atoms with Crippen molar-refractivity contribution in [2.24, 2.45) is 0 Å². The Labute approximate surface area is 124 Å². The molecular weight excluding hydrogens is 264 g/mol. The van der Waals surface area contributed by atoms with Gasteiger partial charge in [0.25, 0.3) is 0 Å². The van der Waals surface area contributed by atoms with E-state index < -0.39 is 0 Å². The van der Waals surface area contributed by atoms with Crippen LogP contribution in [0.5, 0.6) is 5.75 Å². The highest BCUT2D eigenvalue weighted by Gasteiger charge is 1.97. The molecule has 2 amide bonds. The molecule has 0 heterocycles. The molecule has 0 fully saturated rings. The average Bonchev–Trinajstić information content (AvgIpc) is 2.54. The zero-order valence-corrected chi connectivity index (χ0v) is 11.9. The summed E-state index contributed by atoms with van der Waals surface area (Å²) in [5, 5.41) is 5.45. The summed E-state index contributed by atoms with van der Waals surface area (Å²) in [6.45, 7) is 0.503. The molecule has 0 bridgehead atoms. The van der Waals surface area contributed by atoms with Crippen molar-refractivity contribution in [2.75, 3.05) is 7.11 Å². The van der Waals surface area contributed by atoms with Crippen LogP contribution in [-0.4, -0.2) is 13.1 Å². The largest absolute Gasteiger partial charge is 0.497 e. The minimum absolute atomic E-state index is 0.233. The standard InChI is InChI=1S/C17H18N2O2/c1-21-16-9-7-14(8-10-16)11-12-18-17(20)19-13-15-5-3-2-4-6-15/h2-12H,13H2,1H3,(H2,18,19,20)/b12-11+. The molecular formula is C17H18N2O2. The van der Waals surface area contributed by atoms with Crippen molar-refractivity contribution in [3.05, 3.63) is 71.9 Å². The molecule has 0 aliphatic heterocycles. The highest BCUT2D eigenvalue weighted by molar-refractivity contribution is 5.75. The molecule has 0 unspecified atom stereocenters. The fourth-order valence-corrected chi connectivity index (χ4v) is 1.76. The topological polar surface area (TPSA) is 50.4 Å². The number of amides is 2. The van der Waals surface area contributed by atoms with E-state index in [2.05, 4.69) is 10.6 Å². The fourth-order valence-electron chi connectivity index (χ4n) is 1.76.